The number of carbonyl (C=O) groups excluding carboxylic acids is 1. The number of anilines is 2. The topological polar surface area (TPSA) is 98.1 Å². The zero-order chi connectivity index (χ0) is 9.84. The van der Waals surface area contributed by atoms with Crippen LogP contribution in [0, 0.1) is 0 Å². The minimum Gasteiger partial charge on any atom is -0.384 e. The van der Waals surface area contributed by atoms with Crippen LogP contribution in [0.1, 0.15) is 0 Å². The van der Waals surface area contributed by atoms with Crippen molar-refractivity contribution in [3.05, 3.63) is 12.4 Å². The van der Waals surface area contributed by atoms with Crippen LogP contribution in [0.25, 0.3) is 0 Å². The normalized spacial score (nSPS) is 9.62. The monoisotopic (exact) mass is 181 g/mol. The van der Waals surface area contributed by atoms with Gasteiger partial charge in [-0.15, -0.1) is 0 Å². The average Bonchev–Trinajstić information content (AvgIpc) is 2.03. The molecule has 0 aliphatic carbocycles. The fourth-order valence-electron chi connectivity index (χ4n) is 0.885. The first kappa shape index (κ1) is 9.24. The van der Waals surface area contributed by atoms with Gasteiger partial charge in [-0.1, -0.05) is 0 Å². The third kappa shape index (κ3) is 2.58. The molecule has 0 radical (unpaired) electrons. The minimum atomic E-state index is -0.417. The first-order valence-corrected chi connectivity index (χ1v) is 3.66. The Morgan fingerprint density at radius 3 is 2.85 bits per heavy atom. The van der Waals surface area contributed by atoms with E-state index in [1.807, 2.05) is 0 Å². The third-order valence-corrected chi connectivity index (χ3v) is 1.46. The van der Waals surface area contributed by atoms with Gasteiger partial charge in [0.2, 0.25) is 5.91 Å². The quantitative estimate of drug-likeness (QED) is 0.622. The van der Waals surface area contributed by atoms with Crippen molar-refractivity contribution in [3.8, 4) is 0 Å². The van der Waals surface area contributed by atoms with Gasteiger partial charge < -0.3 is 16.4 Å². The van der Waals surface area contributed by atoms with Gasteiger partial charge in [-0.25, -0.2) is 9.97 Å². The van der Waals surface area contributed by atoms with Gasteiger partial charge in [-0.3, -0.25) is 4.79 Å². The Morgan fingerprint density at radius 2 is 2.31 bits per heavy atom. The highest BCUT2D eigenvalue weighted by molar-refractivity contribution is 5.79. The lowest BCUT2D eigenvalue weighted by atomic mass is 10.4. The Balaban J connectivity index is 2.76. The molecule has 1 rings (SSSR count). The molecule has 4 N–H and O–H groups in total. The Bertz CT molecular complexity index is 314. The van der Waals surface area contributed by atoms with Gasteiger partial charge >= 0.3 is 0 Å². The van der Waals surface area contributed by atoms with Gasteiger partial charge in [0.05, 0.1) is 6.54 Å². The summed E-state index contributed by atoms with van der Waals surface area (Å²) < 4.78 is 0. The van der Waals surface area contributed by atoms with Gasteiger partial charge in [-0.2, -0.15) is 0 Å². The molecule has 13 heavy (non-hydrogen) atoms. The molecule has 0 aromatic carbocycles. The summed E-state index contributed by atoms with van der Waals surface area (Å²) in [5, 5.41) is 0. The second kappa shape index (κ2) is 3.70. The molecule has 0 bridgehead atoms. The van der Waals surface area contributed by atoms with Gasteiger partial charge in [0.1, 0.15) is 18.0 Å². The predicted octanol–water partition coefficient (Wildman–Crippen LogP) is -1.02. The summed E-state index contributed by atoms with van der Waals surface area (Å²) in [6, 6.07) is 1.57. The van der Waals surface area contributed by atoms with E-state index in [0.717, 1.165) is 0 Å². The van der Waals surface area contributed by atoms with Crippen LogP contribution < -0.4 is 16.4 Å². The second-order valence-corrected chi connectivity index (χ2v) is 2.62. The second-order valence-electron chi connectivity index (χ2n) is 2.62. The smallest absolute Gasteiger partial charge is 0.236 e. The van der Waals surface area contributed by atoms with Gasteiger partial charge in [-0.05, 0) is 0 Å². The third-order valence-electron chi connectivity index (χ3n) is 1.46. The van der Waals surface area contributed by atoms with Crippen LogP contribution in [0.3, 0.4) is 0 Å². The van der Waals surface area contributed by atoms with E-state index in [9.17, 15) is 4.79 Å². The zero-order valence-corrected chi connectivity index (χ0v) is 7.27. The molecular formula is C7H11N5O. The molecular weight excluding hydrogens is 170 g/mol. The number of amides is 1. The summed E-state index contributed by atoms with van der Waals surface area (Å²) in [6.45, 7) is 0.108. The van der Waals surface area contributed by atoms with Crippen molar-refractivity contribution in [1.29, 1.82) is 0 Å². The number of nitrogens with two attached hydrogens (primary N) is 2. The van der Waals surface area contributed by atoms with Gasteiger partial charge in [0, 0.05) is 13.1 Å². The van der Waals surface area contributed by atoms with E-state index >= 15 is 0 Å². The molecule has 0 aliphatic heterocycles. The molecule has 1 amide bonds. The van der Waals surface area contributed by atoms with E-state index in [2.05, 4.69) is 9.97 Å². The fraction of sp³-hybridized carbons (Fsp3) is 0.286. The lowest BCUT2D eigenvalue weighted by Crippen LogP contribution is -2.31. The predicted molar refractivity (Wildman–Crippen MR) is 48.9 cm³/mol. The van der Waals surface area contributed by atoms with E-state index in [1.165, 1.54) is 6.33 Å². The van der Waals surface area contributed by atoms with Gasteiger partial charge in [0.25, 0.3) is 0 Å². The van der Waals surface area contributed by atoms with E-state index in [-0.39, 0.29) is 6.54 Å². The van der Waals surface area contributed by atoms with Crippen LogP contribution in [0.5, 0.6) is 0 Å². The number of hydrogen-bond donors (Lipinski definition) is 2. The number of carbonyl (C=O) groups is 1. The van der Waals surface area contributed by atoms with Crippen LogP contribution in [0.4, 0.5) is 11.6 Å². The number of hydrogen-bond acceptors (Lipinski definition) is 5. The summed E-state index contributed by atoms with van der Waals surface area (Å²) in [6.07, 6.45) is 1.34. The maximum absolute atomic E-state index is 10.6. The van der Waals surface area contributed by atoms with Crippen molar-refractivity contribution in [2.24, 2.45) is 5.73 Å². The molecule has 0 atom stereocenters. The maximum atomic E-state index is 10.6. The van der Waals surface area contributed by atoms with E-state index in [0.29, 0.717) is 11.6 Å². The van der Waals surface area contributed by atoms with Gasteiger partial charge in [0.15, 0.2) is 0 Å². The molecule has 6 nitrogen and oxygen atoms in total. The zero-order valence-electron chi connectivity index (χ0n) is 7.27. The summed E-state index contributed by atoms with van der Waals surface area (Å²) in [7, 11) is 1.70. The number of rotatable bonds is 3. The molecule has 0 saturated carbocycles. The summed E-state index contributed by atoms with van der Waals surface area (Å²) >= 11 is 0. The minimum absolute atomic E-state index is 0.108. The SMILES string of the molecule is CN(CC(N)=O)c1cc(N)ncn1. The van der Waals surface area contributed by atoms with E-state index < -0.39 is 5.91 Å². The van der Waals surface area contributed by atoms with Crippen molar-refractivity contribution in [2.75, 3.05) is 24.2 Å². The van der Waals surface area contributed by atoms with Crippen LogP contribution >= 0.6 is 0 Å². The Kier molecular flexibility index (Phi) is 2.63. The molecule has 0 unspecified atom stereocenters. The fourth-order valence-corrected chi connectivity index (χ4v) is 0.885. The Hall–Kier alpha value is -1.85. The highest BCUT2D eigenvalue weighted by Crippen LogP contribution is 2.08. The highest BCUT2D eigenvalue weighted by atomic mass is 16.1. The lowest BCUT2D eigenvalue weighted by Gasteiger charge is -2.15. The van der Waals surface area contributed by atoms with Crippen LogP contribution in [-0.4, -0.2) is 29.5 Å². The van der Waals surface area contributed by atoms with E-state index in [1.54, 1.807) is 18.0 Å². The molecule has 1 aromatic heterocycles. The van der Waals surface area contributed by atoms with Crippen LogP contribution in [0.15, 0.2) is 12.4 Å². The molecule has 0 fully saturated rings. The summed E-state index contributed by atoms with van der Waals surface area (Å²) in [4.78, 5) is 19.8. The number of nitrogens with zero attached hydrogens (tertiary/aromatic N) is 3. The van der Waals surface area contributed by atoms with Crippen LogP contribution in [0.2, 0.25) is 0 Å². The largest absolute Gasteiger partial charge is 0.384 e. The lowest BCUT2D eigenvalue weighted by molar-refractivity contribution is -0.116. The molecule has 0 saturated heterocycles. The maximum Gasteiger partial charge on any atom is 0.236 e. The number of aromatic nitrogens is 2. The molecule has 1 heterocycles. The molecule has 0 spiro atoms. The standard InChI is InChI=1S/C7H11N5O/c1-12(3-6(9)13)7-2-5(8)10-4-11-7/h2,4H,3H2,1H3,(H2,9,13)(H2,8,10,11). The van der Waals surface area contributed by atoms with E-state index in [4.69, 9.17) is 11.5 Å². The van der Waals surface area contributed by atoms with Crippen molar-refractivity contribution in [1.82, 2.24) is 9.97 Å². The molecule has 1 aromatic rings. The van der Waals surface area contributed by atoms with Crippen molar-refractivity contribution in [3.63, 3.8) is 0 Å². The first-order chi connectivity index (χ1) is 6.09. The van der Waals surface area contributed by atoms with Crippen molar-refractivity contribution in [2.45, 2.75) is 0 Å². The molecule has 6 heteroatoms. The Morgan fingerprint density at radius 1 is 1.62 bits per heavy atom. The van der Waals surface area contributed by atoms with Crippen molar-refractivity contribution >= 4 is 17.5 Å². The number of nitrogen functional groups attached to an aromatic ring is 1. The summed E-state index contributed by atoms with van der Waals surface area (Å²) in [5.41, 5.74) is 10.4. The molecule has 70 valence electrons. The highest BCUT2D eigenvalue weighted by Gasteiger charge is 2.05. The molecule has 0 aliphatic rings. The van der Waals surface area contributed by atoms with Crippen molar-refractivity contribution < 1.29 is 4.79 Å². The van der Waals surface area contributed by atoms with Crippen LogP contribution in [-0.2, 0) is 4.79 Å². The Labute approximate surface area is 75.6 Å². The number of primary amides is 1. The average molecular weight is 181 g/mol. The first-order valence-electron chi connectivity index (χ1n) is 3.66. The number of likely N-dealkylation sites (N-methyl/N-ethyl adjacent to an activating group) is 1. The summed E-state index contributed by atoms with van der Waals surface area (Å²) in [5.74, 6) is 0.521.